The number of phenolic OH excluding ortho intramolecular Hbond substituents is 1. The van der Waals surface area contributed by atoms with Crippen LogP contribution in [0.4, 0.5) is 4.79 Å². The van der Waals surface area contributed by atoms with E-state index in [9.17, 15) is 19.5 Å². The van der Waals surface area contributed by atoms with Gasteiger partial charge in [0.15, 0.2) is 0 Å². The molecule has 0 spiro atoms. The van der Waals surface area contributed by atoms with Crippen molar-refractivity contribution in [2.75, 3.05) is 0 Å². The number of benzene rings is 2. The van der Waals surface area contributed by atoms with Crippen LogP contribution >= 0.6 is 0 Å². The zero-order chi connectivity index (χ0) is 29.5. The van der Waals surface area contributed by atoms with Crippen LogP contribution in [0, 0.1) is 6.92 Å². The second-order valence-corrected chi connectivity index (χ2v) is 12.1. The van der Waals surface area contributed by atoms with Crippen LogP contribution in [-0.4, -0.2) is 51.1 Å². The maximum atomic E-state index is 14.4. The normalized spacial score (nSPS) is 14.1. The Morgan fingerprint density at radius 3 is 2.00 bits per heavy atom. The van der Waals surface area contributed by atoms with E-state index in [0.717, 1.165) is 11.1 Å². The molecule has 0 aliphatic rings. The molecule has 3 amide bonds. The molecule has 0 radical (unpaired) electrons. The van der Waals surface area contributed by atoms with Crippen LogP contribution in [0.2, 0.25) is 0 Å². The van der Waals surface area contributed by atoms with Crippen molar-refractivity contribution in [1.29, 1.82) is 0 Å². The summed E-state index contributed by atoms with van der Waals surface area (Å²) in [5, 5.41) is 15.5. The lowest BCUT2D eigenvalue weighted by atomic mass is 9.96. The largest absolute Gasteiger partial charge is 0.508 e. The van der Waals surface area contributed by atoms with Crippen LogP contribution in [0.1, 0.15) is 84.5 Å². The molecule has 214 valence electrons. The molecular formula is C31H45N3O5. The van der Waals surface area contributed by atoms with Crippen LogP contribution in [0.15, 0.2) is 48.5 Å². The molecule has 39 heavy (non-hydrogen) atoms. The van der Waals surface area contributed by atoms with Crippen molar-refractivity contribution in [1.82, 2.24) is 15.5 Å². The van der Waals surface area contributed by atoms with E-state index in [4.69, 9.17) is 4.74 Å². The molecule has 2 rings (SSSR count). The number of nitrogens with one attached hydrogen (secondary N) is 2. The van der Waals surface area contributed by atoms with Gasteiger partial charge in [-0.2, -0.15) is 0 Å². The SMILES string of the molecule is CCC(C)N(C(=O)C(Cc1ccc(O)cc1)NC(=O)OC(C)(C)C)C(C(=O)NC(C)(C)C)c1ccc(C)cc1. The number of aryl methyl sites for hydroxylation is 1. The molecule has 0 bridgehead atoms. The van der Waals surface area contributed by atoms with Gasteiger partial charge < -0.3 is 25.4 Å². The topological polar surface area (TPSA) is 108 Å². The summed E-state index contributed by atoms with van der Waals surface area (Å²) in [6.45, 7) is 16.7. The minimum atomic E-state index is -1.02. The Morgan fingerprint density at radius 2 is 1.51 bits per heavy atom. The molecule has 3 unspecified atom stereocenters. The number of aromatic hydroxyl groups is 1. The van der Waals surface area contributed by atoms with Gasteiger partial charge in [-0.15, -0.1) is 0 Å². The molecule has 3 atom stereocenters. The third-order valence-electron chi connectivity index (χ3n) is 6.10. The average Bonchev–Trinajstić information content (AvgIpc) is 2.81. The summed E-state index contributed by atoms with van der Waals surface area (Å²) in [5.41, 5.74) is 1.16. The third kappa shape index (κ3) is 9.93. The summed E-state index contributed by atoms with van der Waals surface area (Å²) in [6, 6.07) is 11.7. The average molecular weight is 540 g/mol. The maximum Gasteiger partial charge on any atom is 0.408 e. The summed E-state index contributed by atoms with van der Waals surface area (Å²) < 4.78 is 5.47. The molecule has 0 aliphatic heterocycles. The highest BCUT2D eigenvalue weighted by Crippen LogP contribution is 2.28. The van der Waals surface area contributed by atoms with E-state index in [1.54, 1.807) is 37.8 Å². The Bertz CT molecular complexity index is 1110. The first-order valence-electron chi connectivity index (χ1n) is 13.5. The second-order valence-electron chi connectivity index (χ2n) is 12.1. The third-order valence-corrected chi connectivity index (χ3v) is 6.10. The van der Waals surface area contributed by atoms with Crippen LogP contribution in [0.5, 0.6) is 5.75 Å². The van der Waals surface area contributed by atoms with Crippen LogP contribution in [0.25, 0.3) is 0 Å². The van der Waals surface area contributed by atoms with Gasteiger partial charge in [-0.25, -0.2) is 4.79 Å². The van der Waals surface area contributed by atoms with Gasteiger partial charge in [-0.1, -0.05) is 48.9 Å². The molecule has 0 heterocycles. The summed E-state index contributed by atoms with van der Waals surface area (Å²) in [5.74, 6) is -0.611. The molecule has 8 nitrogen and oxygen atoms in total. The van der Waals surface area contributed by atoms with Crippen LogP contribution < -0.4 is 10.6 Å². The van der Waals surface area contributed by atoms with Gasteiger partial charge >= 0.3 is 6.09 Å². The van der Waals surface area contributed by atoms with Gasteiger partial charge in [0.25, 0.3) is 0 Å². The lowest BCUT2D eigenvalue weighted by molar-refractivity contribution is -0.145. The molecular weight excluding hydrogens is 494 g/mol. The fraction of sp³-hybridized carbons (Fsp3) is 0.516. The van der Waals surface area contributed by atoms with E-state index in [1.807, 2.05) is 65.8 Å². The van der Waals surface area contributed by atoms with Gasteiger partial charge in [0.2, 0.25) is 11.8 Å². The Morgan fingerprint density at radius 1 is 0.949 bits per heavy atom. The molecule has 0 saturated heterocycles. The maximum absolute atomic E-state index is 14.4. The minimum Gasteiger partial charge on any atom is -0.508 e. The Kier molecular flexibility index (Phi) is 10.6. The lowest BCUT2D eigenvalue weighted by Gasteiger charge is -2.39. The van der Waals surface area contributed by atoms with E-state index in [-0.39, 0.29) is 24.1 Å². The Hall–Kier alpha value is -3.55. The van der Waals surface area contributed by atoms with Crippen molar-refractivity contribution >= 4 is 17.9 Å². The fourth-order valence-corrected chi connectivity index (χ4v) is 4.12. The first-order chi connectivity index (χ1) is 18.0. The van der Waals surface area contributed by atoms with Crippen molar-refractivity contribution in [3.8, 4) is 5.75 Å². The van der Waals surface area contributed by atoms with Gasteiger partial charge in [-0.05, 0) is 85.1 Å². The van der Waals surface area contributed by atoms with Gasteiger partial charge in [0, 0.05) is 18.0 Å². The molecule has 0 fully saturated rings. The zero-order valence-electron chi connectivity index (χ0n) is 24.8. The molecule has 2 aromatic rings. The number of ether oxygens (including phenoxy) is 1. The Labute approximate surface area is 233 Å². The number of carbonyl (C=O) groups is 3. The smallest absolute Gasteiger partial charge is 0.408 e. The number of phenols is 1. The Balaban J connectivity index is 2.60. The van der Waals surface area contributed by atoms with E-state index in [0.29, 0.717) is 12.0 Å². The highest BCUT2D eigenvalue weighted by Gasteiger charge is 2.39. The van der Waals surface area contributed by atoms with Crippen molar-refractivity contribution in [3.63, 3.8) is 0 Å². The van der Waals surface area contributed by atoms with Crippen molar-refractivity contribution in [2.45, 2.75) is 104 Å². The molecule has 3 N–H and O–H groups in total. The number of amides is 3. The molecule has 0 saturated carbocycles. The van der Waals surface area contributed by atoms with Crippen LogP contribution in [0.3, 0.4) is 0 Å². The first kappa shape index (κ1) is 31.7. The predicted molar refractivity (Wildman–Crippen MR) is 153 cm³/mol. The number of nitrogens with zero attached hydrogens (tertiary/aromatic N) is 1. The van der Waals surface area contributed by atoms with E-state index in [1.165, 1.54) is 12.1 Å². The van der Waals surface area contributed by atoms with Crippen LogP contribution in [-0.2, 0) is 20.7 Å². The molecule has 2 aromatic carbocycles. The van der Waals surface area contributed by atoms with Gasteiger partial charge in [0.1, 0.15) is 23.4 Å². The van der Waals surface area contributed by atoms with E-state index in [2.05, 4.69) is 10.6 Å². The number of carbonyl (C=O) groups excluding carboxylic acids is 3. The standard InChI is InChI=1S/C31H45N3O5/c1-10-21(3)34(26(27(36)33-30(4,5)6)23-15-11-20(2)12-16-23)28(37)25(32-29(38)39-31(7,8)9)19-22-13-17-24(35)18-14-22/h11-18,21,25-26,35H,10,19H2,1-9H3,(H,32,38)(H,33,36). The molecule has 0 aliphatic carbocycles. The summed E-state index contributed by atoms with van der Waals surface area (Å²) in [6.07, 6.45) is 0.0111. The number of alkyl carbamates (subject to hydrolysis) is 1. The summed E-state index contributed by atoms with van der Waals surface area (Å²) >= 11 is 0. The minimum absolute atomic E-state index is 0.0984. The lowest BCUT2D eigenvalue weighted by Crippen LogP contribution is -2.57. The van der Waals surface area contributed by atoms with E-state index < -0.39 is 35.2 Å². The summed E-state index contributed by atoms with van der Waals surface area (Å²) in [4.78, 5) is 42.6. The summed E-state index contributed by atoms with van der Waals surface area (Å²) in [7, 11) is 0. The molecule has 0 aromatic heterocycles. The van der Waals surface area contributed by atoms with Crippen molar-refractivity contribution < 1.29 is 24.2 Å². The van der Waals surface area contributed by atoms with Crippen molar-refractivity contribution in [2.24, 2.45) is 0 Å². The predicted octanol–water partition coefficient (Wildman–Crippen LogP) is 5.42. The number of hydrogen-bond acceptors (Lipinski definition) is 5. The highest BCUT2D eigenvalue weighted by molar-refractivity contribution is 5.92. The second kappa shape index (κ2) is 13.0. The highest BCUT2D eigenvalue weighted by atomic mass is 16.6. The monoisotopic (exact) mass is 539 g/mol. The van der Waals surface area contributed by atoms with E-state index >= 15 is 0 Å². The number of hydrogen-bond donors (Lipinski definition) is 3. The fourth-order valence-electron chi connectivity index (χ4n) is 4.12. The quantitative estimate of drug-likeness (QED) is 0.394. The zero-order valence-corrected chi connectivity index (χ0v) is 24.8. The van der Waals surface area contributed by atoms with Gasteiger partial charge in [0.05, 0.1) is 0 Å². The van der Waals surface area contributed by atoms with Gasteiger partial charge in [-0.3, -0.25) is 9.59 Å². The molecule has 8 heteroatoms. The number of rotatable bonds is 9. The van der Waals surface area contributed by atoms with Crippen molar-refractivity contribution in [3.05, 3.63) is 65.2 Å². The first-order valence-corrected chi connectivity index (χ1v) is 13.5.